The van der Waals surface area contributed by atoms with Gasteiger partial charge in [-0.1, -0.05) is 31.2 Å². The van der Waals surface area contributed by atoms with Crippen LogP contribution in [0.25, 0.3) is 0 Å². The number of anilines is 1. The summed E-state index contributed by atoms with van der Waals surface area (Å²) >= 11 is 5.22. The van der Waals surface area contributed by atoms with E-state index in [9.17, 15) is 9.59 Å². The Morgan fingerprint density at radius 2 is 2.00 bits per heavy atom. The van der Waals surface area contributed by atoms with Crippen LogP contribution < -0.4 is 16.0 Å². The van der Waals surface area contributed by atoms with Crippen molar-refractivity contribution in [2.24, 2.45) is 0 Å². The molecule has 2 rings (SSSR count). The molecule has 128 valence electrons. The van der Waals surface area contributed by atoms with Crippen molar-refractivity contribution >= 4 is 34.8 Å². The van der Waals surface area contributed by atoms with Crippen LogP contribution in [0, 0.1) is 0 Å². The minimum Gasteiger partial charge on any atom is -0.359 e. The maximum absolute atomic E-state index is 12.4. The van der Waals surface area contributed by atoms with Crippen molar-refractivity contribution in [1.82, 2.24) is 10.6 Å². The zero-order chi connectivity index (χ0) is 17.7. The van der Waals surface area contributed by atoms with E-state index in [4.69, 9.17) is 12.2 Å². The Morgan fingerprint density at radius 3 is 2.54 bits per heavy atom. The third-order valence-corrected chi connectivity index (χ3v) is 4.56. The van der Waals surface area contributed by atoms with Gasteiger partial charge < -0.3 is 10.6 Å². The van der Waals surface area contributed by atoms with Crippen molar-refractivity contribution in [3.63, 3.8) is 0 Å². The van der Waals surface area contributed by atoms with Crippen molar-refractivity contribution < 1.29 is 9.59 Å². The number of carbonyl (C=O) groups is 2. The summed E-state index contributed by atoms with van der Waals surface area (Å²) in [5, 5.41) is 9.15. The molecule has 0 aliphatic carbocycles. The van der Waals surface area contributed by atoms with Crippen LogP contribution in [0.2, 0.25) is 0 Å². The Morgan fingerprint density at radius 1 is 1.33 bits per heavy atom. The molecule has 0 aromatic heterocycles. The molecular formula is C18H23N3O2S. The molecule has 0 bridgehead atoms. The van der Waals surface area contributed by atoms with Crippen LogP contribution in [0.1, 0.15) is 38.7 Å². The Labute approximate surface area is 147 Å². The van der Waals surface area contributed by atoms with E-state index < -0.39 is 5.41 Å². The maximum atomic E-state index is 12.4. The number of nitrogens with one attached hydrogen (secondary N) is 3. The molecule has 1 saturated heterocycles. The molecule has 1 aromatic carbocycles. The molecule has 24 heavy (non-hydrogen) atoms. The summed E-state index contributed by atoms with van der Waals surface area (Å²) in [5.41, 5.74) is 2.13. The van der Waals surface area contributed by atoms with E-state index in [0.29, 0.717) is 30.9 Å². The summed E-state index contributed by atoms with van der Waals surface area (Å²) in [6.45, 7) is 8.33. The molecule has 0 radical (unpaired) electrons. The number of hydrogen-bond donors (Lipinski definition) is 3. The lowest BCUT2D eigenvalue weighted by molar-refractivity contribution is -0.138. The van der Waals surface area contributed by atoms with E-state index in [0.717, 1.165) is 16.8 Å². The summed E-state index contributed by atoms with van der Waals surface area (Å²) < 4.78 is 0. The fourth-order valence-electron chi connectivity index (χ4n) is 2.85. The fourth-order valence-corrected chi connectivity index (χ4v) is 3.04. The van der Waals surface area contributed by atoms with Gasteiger partial charge in [0.25, 0.3) is 0 Å². The highest BCUT2D eigenvalue weighted by Crippen LogP contribution is 2.36. The number of thiocarbonyl (C=S) groups is 1. The number of benzene rings is 1. The lowest BCUT2D eigenvalue weighted by atomic mass is 9.72. The maximum Gasteiger partial charge on any atom is 0.237 e. The second-order valence-corrected chi connectivity index (χ2v) is 6.56. The second kappa shape index (κ2) is 7.57. The quantitative estimate of drug-likeness (QED) is 0.435. The summed E-state index contributed by atoms with van der Waals surface area (Å²) in [6, 6.07) is 7.63. The third-order valence-electron chi connectivity index (χ3n) is 4.32. The first-order valence-corrected chi connectivity index (χ1v) is 8.42. The van der Waals surface area contributed by atoms with Crippen molar-refractivity contribution in [1.29, 1.82) is 0 Å². The molecule has 1 aliphatic heterocycles. The normalized spacial score (nSPS) is 20.2. The topological polar surface area (TPSA) is 70.2 Å². The number of imide groups is 1. The lowest BCUT2D eigenvalue weighted by Crippen LogP contribution is -2.51. The molecule has 0 saturated carbocycles. The third kappa shape index (κ3) is 4.00. The van der Waals surface area contributed by atoms with Crippen molar-refractivity contribution in [2.45, 2.75) is 38.5 Å². The van der Waals surface area contributed by atoms with Crippen LogP contribution in [-0.4, -0.2) is 23.5 Å². The predicted molar refractivity (Wildman–Crippen MR) is 99.8 cm³/mol. The van der Waals surface area contributed by atoms with Crippen LogP contribution in [0.4, 0.5) is 5.69 Å². The standard InChI is InChI=1S/C18H23N3O2S/c1-4-18(10-9-15(22)21-16(18)23)13-5-7-14(8-6-13)20-17(24)19-11-12(2)3/h5-8H,2,4,9-11H2,1,3H3,(H2,19,20,24)(H,21,22,23)/t18-/m0/s1. The number of rotatable bonds is 5. The monoisotopic (exact) mass is 345 g/mol. The van der Waals surface area contributed by atoms with E-state index in [1.807, 2.05) is 38.1 Å². The van der Waals surface area contributed by atoms with Gasteiger partial charge in [-0.15, -0.1) is 0 Å². The molecule has 2 amide bonds. The highest BCUT2D eigenvalue weighted by molar-refractivity contribution is 7.80. The van der Waals surface area contributed by atoms with E-state index in [1.165, 1.54) is 0 Å². The van der Waals surface area contributed by atoms with E-state index in [2.05, 4.69) is 22.5 Å². The molecule has 1 heterocycles. The largest absolute Gasteiger partial charge is 0.359 e. The van der Waals surface area contributed by atoms with Gasteiger partial charge in [0, 0.05) is 18.7 Å². The molecular weight excluding hydrogens is 322 g/mol. The van der Waals surface area contributed by atoms with Gasteiger partial charge in [-0.25, -0.2) is 0 Å². The van der Waals surface area contributed by atoms with Crippen molar-refractivity contribution in [3.05, 3.63) is 42.0 Å². The minimum atomic E-state index is -0.634. The number of amides is 2. The Hall–Kier alpha value is -2.21. The van der Waals surface area contributed by atoms with Crippen LogP contribution in [-0.2, 0) is 15.0 Å². The molecule has 1 atom stereocenters. The molecule has 3 N–H and O–H groups in total. The van der Waals surface area contributed by atoms with Gasteiger partial charge in [0.15, 0.2) is 5.11 Å². The van der Waals surface area contributed by atoms with Gasteiger partial charge in [0.05, 0.1) is 5.41 Å². The fraction of sp³-hybridized carbons (Fsp3) is 0.389. The smallest absolute Gasteiger partial charge is 0.237 e. The van der Waals surface area contributed by atoms with E-state index >= 15 is 0 Å². The lowest BCUT2D eigenvalue weighted by Gasteiger charge is -2.35. The van der Waals surface area contributed by atoms with Gasteiger partial charge in [0.1, 0.15) is 0 Å². The van der Waals surface area contributed by atoms with Crippen LogP contribution >= 0.6 is 12.2 Å². The first-order valence-electron chi connectivity index (χ1n) is 8.01. The molecule has 1 aliphatic rings. The Kier molecular flexibility index (Phi) is 5.72. The van der Waals surface area contributed by atoms with Gasteiger partial charge in [0.2, 0.25) is 11.8 Å². The first kappa shape index (κ1) is 18.1. The SMILES string of the molecule is C=C(C)CNC(=S)Nc1ccc([C@]2(CC)CCC(=O)NC2=O)cc1. The van der Waals surface area contributed by atoms with E-state index in [-0.39, 0.29) is 11.8 Å². The number of hydrogen-bond acceptors (Lipinski definition) is 3. The van der Waals surface area contributed by atoms with Crippen LogP contribution in [0.15, 0.2) is 36.4 Å². The molecule has 0 spiro atoms. The molecule has 5 nitrogen and oxygen atoms in total. The van der Waals surface area contributed by atoms with E-state index in [1.54, 1.807) is 0 Å². The summed E-state index contributed by atoms with van der Waals surface area (Å²) in [7, 11) is 0. The summed E-state index contributed by atoms with van der Waals surface area (Å²) in [4.78, 5) is 23.8. The number of carbonyl (C=O) groups excluding carboxylic acids is 2. The second-order valence-electron chi connectivity index (χ2n) is 6.16. The average Bonchev–Trinajstić information content (AvgIpc) is 2.54. The summed E-state index contributed by atoms with van der Waals surface area (Å²) in [6.07, 6.45) is 1.56. The first-order chi connectivity index (χ1) is 11.4. The van der Waals surface area contributed by atoms with Crippen molar-refractivity contribution in [2.75, 3.05) is 11.9 Å². The zero-order valence-corrected chi connectivity index (χ0v) is 14.9. The van der Waals surface area contributed by atoms with Crippen LogP contribution in [0.5, 0.6) is 0 Å². The Bertz CT molecular complexity index is 669. The predicted octanol–water partition coefficient (Wildman–Crippen LogP) is 2.63. The molecule has 1 fully saturated rings. The molecule has 0 unspecified atom stereocenters. The van der Waals surface area contributed by atoms with Gasteiger partial charge in [-0.2, -0.15) is 0 Å². The van der Waals surface area contributed by atoms with Crippen LogP contribution in [0.3, 0.4) is 0 Å². The van der Waals surface area contributed by atoms with Gasteiger partial charge in [-0.05, 0) is 49.7 Å². The van der Waals surface area contributed by atoms with Gasteiger partial charge in [-0.3, -0.25) is 14.9 Å². The minimum absolute atomic E-state index is 0.198. The molecule has 6 heteroatoms. The Balaban J connectivity index is 2.10. The number of piperidine rings is 1. The highest BCUT2D eigenvalue weighted by atomic mass is 32.1. The zero-order valence-electron chi connectivity index (χ0n) is 14.1. The van der Waals surface area contributed by atoms with Crippen molar-refractivity contribution in [3.8, 4) is 0 Å². The van der Waals surface area contributed by atoms with Gasteiger partial charge >= 0.3 is 0 Å². The highest BCUT2D eigenvalue weighted by Gasteiger charge is 2.42. The average molecular weight is 345 g/mol. The summed E-state index contributed by atoms with van der Waals surface area (Å²) in [5.74, 6) is -0.406. The molecule has 1 aromatic rings.